The Morgan fingerprint density at radius 1 is 1.38 bits per heavy atom. The van der Waals surface area contributed by atoms with Crippen molar-refractivity contribution in [2.75, 3.05) is 6.61 Å². The van der Waals surface area contributed by atoms with Crippen LogP contribution in [0.15, 0.2) is 18.2 Å². The van der Waals surface area contributed by atoms with Crippen molar-refractivity contribution in [3.05, 3.63) is 33.8 Å². The first kappa shape index (κ1) is 13.8. The minimum absolute atomic E-state index is 0.197. The third-order valence-corrected chi connectivity index (χ3v) is 3.00. The number of rotatable bonds is 5. The van der Waals surface area contributed by atoms with E-state index in [0.29, 0.717) is 23.1 Å². The maximum atomic E-state index is 9.88. The number of hydrogen-bond acceptors (Lipinski definition) is 2. The molecule has 0 fully saturated rings. The molecular weight excluding hydrogens is 247 g/mol. The zero-order valence-corrected chi connectivity index (χ0v) is 10.9. The van der Waals surface area contributed by atoms with E-state index in [1.807, 2.05) is 19.9 Å². The van der Waals surface area contributed by atoms with Crippen LogP contribution in [0.5, 0.6) is 0 Å². The fourth-order valence-electron chi connectivity index (χ4n) is 1.45. The molecule has 0 saturated carbocycles. The Morgan fingerprint density at radius 3 is 2.62 bits per heavy atom. The fraction of sp³-hybridized carbons (Fsp3) is 0.500. The van der Waals surface area contributed by atoms with Crippen LogP contribution in [-0.4, -0.2) is 23.9 Å². The molecule has 1 rings (SSSR count). The number of benzene rings is 1. The first-order valence-corrected chi connectivity index (χ1v) is 6.03. The maximum absolute atomic E-state index is 9.88. The molecule has 0 aliphatic carbocycles. The standard InChI is InChI=1S/C12H16Cl2O2/c1-3-16-8(2)12(15)6-9-4-5-10(13)7-11(9)14/h4-5,7-8,12,15H,3,6H2,1-2H3. The van der Waals surface area contributed by atoms with Gasteiger partial charge in [-0.1, -0.05) is 29.3 Å². The molecule has 0 aliphatic rings. The van der Waals surface area contributed by atoms with Crippen molar-refractivity contribution in [2.24, 2.45) is 0 Å². The quantitative estimate of drug-likeness (QED) is 0.883. The van der Waals surface area contributed by atoms with Crippen LogP contribution < -0.4 is 0 Å². The third kappa shape index (κ3) is 3.95. The summed E-state index contributed by atoms with van der Waals surface area (Å²) in [5, 5.41) is 11.1. The van der Waals surface area contributed by atoms with E-state index in [9.17, 15) is 5.11 Å². The highest BCUT2D eigenvalue weighted by molar-refractivity contribution is 6.35. The van der Waals surface area contributed by atoms with Gasteiger partial charge in [0.15, 0.2) is 0 Å². The van der Waals surface area contributed by atoms with Crippen molar-refractivity contribution in [1.82, 2.24) is 0 Å². The lowest BCUT2D eigenvalue weighted by Crippen LogP contribution is -2.28. The zero-order chi connectivity index (χ0) is 12.1. The Morgan fingerprint density at radius 2 is 2.06 bits per heavy atom. The predicted octanol–water partition coefficient (Wildman–Crippen LogP) is 3.32. The topological polar surface area (TPSA) is 29.5 Å². The highest BCUT2D eigenvalue weighted by atomic mass is 35.5. The summed E-state index contributed by atoms with van der Waals surface area (Å²) in [6.45, 7) is 4.34. The third-order valence-electron chi connectivity index (χ3n) is 2.42. The van der Waals surface area contributed by atoms with Gasteiger partial charge in [0, 0.05) is 23.1 Å². The summed E-state index contributed by atoms with van der Waals surface area (Å²) in [5.41, 5.74) is 0.880. The average molecular weight is 263 g/mol. The molecule has 2 atom stereocenters. The molecule has 0 amide bonds. The van der Waals surface area contributed by atoms with Gasteiger partial charge in [-0.25, -0.2) is 0 Å². The van der Waals surface area contributed by atoms with Crippen molar-refractivity contribution in [2.45, 2.75) is 32.5 Å². The number of ether oxygens (including phenoxy) is 1. The summed E-state index contributed by atoms with van der Waals surface area (Å²) < 4.78 is 5.32. The van der Waals surface area contributed by atoms with Gasteiger partial charge in [0.2, 0.25) is 0 Å². The van der Waals surface area contributed by atoms with Gasteiger partial charge in [0.05, 0.1) is 12.2 Å². The molecular formula is C12H16Cl2O2. The van der Waals surface area contributed by atoms with Gasteiger partial charge in [-0.3, -0.25) is 0 Å². The number of aliphatic hydroxyl groups is 1. The Balaban J connectivity index is 2.65. The van der Waals surface area contributed by atoms with E-state index in [-0.39, 0.29) is 6.10 Å². The van der Waals surface area contributed by atoms with Crippen LogP contribution >= 0.6 is 23.2 Å². The lowest BCUT2D eigenvalue weighted by molar-refractivity contribution is -0.0208. The summed E-state index contributed by atoms with van der Waals surface area (Å²) >= 11 is 11.8. The van der Waals surface area contributed by atoms with Gasteiger partial charge in [0.1, 0.15) is 0 Å². The van der Waals surface area contributed by atoms with Gasteiger partial charge in [-0.05, 0) is 31.5 Å². The summed E-state index contributed by atoms with van der Waals surface area (Å²) in [5.74, 6) is 0. The van der Waals surface area contributed by atoms with Crippen LogP contribution in [-0.2, 0) is 11.2 Å². The molecule has 0 bridgehead atoms. The molecule has 2 nitrogen and oxygen atoms in total. The van der Waals surface area contributed by atoms with Crippen LogP contribution in [0.4, 0.5) is 0 Å². The molecule has 0 aliphatic heterocycles. The van der Waals surface area contributed by atoms with E-state index in [4.69, 9.17) is 27.9 Å². The highest BCUT2D eigenvalue weighted by Crippen LogP contribution is 2.22. The van der Waals surface area contributed by atoms with Gasteiger partial charge in [-0.15, -0.1) is 0 Å². The molecule has 1 N–H and O–H groups in total. The maximum Gasteiger partial charge on any atom is 0.0839 e. The van der Waals surface area contributed by atoms with Crippen LogP contribution in [0.25, 0.3) is 0 Å². The van der Waals surface area contributed by atoms with E-state index in [1.165, 1.54) is 0 Å². The lowest BCUT2D eigenvalue weighted by Gasteiger charge is -2.19. The second kappa shape index (κ2) is 6.45. The van der Waals surface area contributed by atoms with Crippen molar-refractivity contribution >= 4 is 23.2 Å². The van der Waals surface area contributed by atoms with Crippen LogP contribution in [0.1, 0.15) is 19.4 Å². The average Bonchev–Trinajstić information content (AvgIpc) is 2.22. The summed E-state index contributed by atoms with van der Waals surface area (Å²) in [4.78, 5) is 0. The second-order valence-corrected chi connectivity index (χ2v) is 4.51. The molecule has 1 aromatic rings. The lowest BCUT2D eigenvalue weighted by atomic mass is 10.0. The van der Waals surface area contributed by atoms with E-state index >= 15 is 0 Å². The minimum Gasteiger partial charge on any atom is -0.390 e. The number of aliphatic hydroxyl groups excluding tert-OH is 1. The zero-order valence-electron chi connectivity index (χ0n) is 9.41. The molecule has 1 aromatic carbocycles. The Labute approximate surface area is 106 Å². The molecule has 0 spiro atoms. The molecule has 4 heteroatoms. The Kier molecular flexibility index (Phi) is 5.56. The monoisotopic (exact) mass is 262 g/mol. The van der Waals surface area contributed by atoms with Gasteiger partial charge in [-0.2, -0.15) is 0 Å². The van der Waals surface area contributed by atoms with E-state index in [0.717, 1.165) is 5.56 Å². The Hall–Kier alpha value is -0.280. The van der Waals surface area contributed by atoms with E-state index in [1.54, 1.807) is 12.1 Å². The normalized spacial score (nSPS) is 14.8. The molecule has 2 unspecified atom stereocenters. The Bertz CT molecular complexity index is 342. The van der Waals surface area contributed by atoms with Crippen molar-refractivity contribution in [3.63, 3.8) is 0 Å². The molecule has 0 aromatic heterocycles. The smallest absolute Gasteiger partial charge is 0.0839 e. The molecule has 0 heterocycles. The summed E-state index contributed by atoms with van der Waals surface area (Å²) in [6.07, 6.45) is -0.285. The van der Waals surface area contributed by atoms with Crippen LogP contribution in [0.2, 0.25) is 10.0 Å². The van der Waals surface area contributed by atoms with Crippen LogP contribution in [0.3, 0.4) is 0 Å². The predicted molar refractivity (Wildman–Crippen MR) is 67.3 cm³/mol. The molecule has 16 heavy (non-hydrogen) atoms. The summed E-state index contributed by atoms with van der Waals surface area (Å²) in [7, 11) is 0. The first-order chi connectivity index (χ1) is 7.54. The summed E-state index contributed by atoms with van der Waals surface area (Å²) in [6, 6.07) is 5.27. The minimum atomic E-state index is -0.557. The molecule has 0 radical (unpaired) electrons. The first-order valence-electron chi connectivity index (χ1n) is 5.28. The SMILES string of the molecule is CCOC(C)C(O)Cc1ccc(Cl)cc1Cl. The highest BCUT2D eigenvalue weighted by Gasteiger charge is 2.16. The van der Waals surface area contributed by atoms with Gasteiger partial charge < -0.3 is 9.84 Å². The fourth-order valence-corrected chi connectivity index (χ4v) is 1.94. The second-order valence-electron chi connectivity index (χ2n) is 3.67. The van der Waals surface area contributed by atoms with Crippen molar-refractivity contribution in [1.29, 1.82) is 0 Å². The van der Waals surface area contributed by atoms with E-state index < -0.39 is 6.10 Å². The van der Waals surface area contributed by atoms with Crippen molar-refractivity contribution in [3.8, 4) is 0 Å². The van der Waals surface area contributed by atoms with Crippen molar-refractivity contribution < 1.29 is 9.84 Å². The van der Waals surface area contributed by atoms with Gasteiger partial charge in [0.25, 0.3) is 0 Å². The molecule has 0 saturated heterocycles. The molecule has 90 valence electrons. The largest absolute Gasteiger partial charge is 0.390 e. The number of hydrogen-bond donors (Lipinski definition) is 1. The van der Waals surface area contributed by atoms with E-state index in [2.05, 4.69) is 0 Å². The van der Waals surface area contributed by atoms with Gasteiger partial charge >= 0.3 is 0 Å². The van der Waals surface area contributed by atoms with Crippen LogP contribution in [0, 0.1) is 0 Å². The number of halogens is 2.